The summed E-state index contributed by atoms with van der Waals surface area (Å²) in [7, 11) is 0. The molecule has 2 unspecified atom stereocenters. The second kappa shape index (κ2) is 7.11. The lowest BCUT2D eigenvalue weighted by Crippen LogP contribution is -2.18. The minimum Gasteiger partial charge on any atom is -0.289 e. The van der Waals surface area contributed by atoms with E-state index in [2.05, 4.69) is 72.2 Å². The maximum absolute atomic E-state index is 9.16. The highest BCUT2D eigenvalue weighted by atomic mass is 79.9. The number of aliphatic imine (C=N–C) groups is 1. The molecule has 0 saturated heterocycles. The summed E-state index contributed by atoms with van der Waals surface area (Å²) in [5.74, 6) is 1.61. The van der Waals surface area contributed by atoms with E-state index < -0.39 is 0 Å². The van der Waals surface area contributed by atoms with Crippen LogP contribution in [0.1, 0.15) is 59.9 Å². The van der Waals surface area contributed by atoms with Gasteiger partial charge in [-0.3, -0.25) is 4.99 Å². The maximum Gasteiger partial charge on any atom is 0.0991 e. The summed E-state index contributed by atoms with van der Waals surface area (Å²) in [4.78, 5) is 4.82. The molecule has 0 amide bonds. The lowest BCUT2D eigenvalue weighted by Gasteiger charge is -2.20. The number of nitrogens with zero attached hydrogens (tertiary/aromatic N) is 2. The van der Waals surface area contributed by atoms with Gasteiger partial charge in [-0.2, -0.15) is 5.26 Å². The minimum atomic E-state index is 0.467. The lowest BCUT2D eigenvalue weighted by atomic mass is 9.89. The molecule has 29 heavy (non-hydrogen) atoms. The summed E-state index contributed by atoms with van der Waals surface area (Å²) < 4.78 is 1.08. The van der Waals surface area contributed by atoms with E-state index in [0.29, 0.717) is 23.3 Å². The van der Waals surface area contributed by atoms with E-state index in [1.807, 2.05) is 12.1 Å². The topological polar surface area (TPSA) is 36.1 Å². The molecule has 144 valence electrons. The molecule has 5 rings (SSSR count). The van der Waals surface area contributed by atoms with Crippen LogP contribution in [0, 0.1) is 17.2 Å². The number of nitriles is 1. The maximum atomic E-state index is 9.16. The predicted octanol–water partition coefficient (Wildman–Crippen LogP) is 6.75. The van der Waals surface area contributed by atoms with Crippen molar-refractivity contribution in [3.05, 3.63) is 80.8 Å². The van der Waals surface area contributed by atoms with Gasteiger partial charge in [-0.15, -0.1) is 0 Å². The lowest BCUT2D eigenvalue weighted by molar-refractivity contribution is 0.837. The van der Waals surface area contributed by atoms with Crippen molar-refractivity contribution in [3.8, 4) is 6.07 Å². The average Bonchev–Trinajstić information content (AvgIpc) is 3.53. The minimum absolute atomic E-state index is 0.467. The first-order valence-corrected chi connectivity index (χ1v) is 11.2. The van der Waals surface area contributed by atoms with Crippen LogP contribution in [-0.4, -0.2) is 12.3 Å². The van der Waals surface area contributed by atoms with Gasteiger partial charge in [0.15, 0.2) is 0 Å². The summed E-state index contributed by atoms with van der Waals surface area (Å²) in [5.41, 5.74) is 7.62. The zero-order chi connectivity index (χ0) is 20.1. The van der Waals surface area contributed by atoms with E-state index in [-0.39, 0.29) is 0 Å². The molecule has 0 N–H and O–H groups in total. The van der Waals surface area contributed by atoms with E-state index in [0.717, 1.165) is 22.8 Å². The molecule has 1 fully saturated rings. The van der Waals surface area contributed by atoms with Crippen LogP contribution < -0.4 is 0 Å². The molecule has 3 aromatic rings. The molecule has 3 aromatic carbocycles. The molecule has 1 heterocycles. The van der Waals surface area contributed by atoms with Gasteiger partial charge in [0.25, 0.3) is 0 Å². The molecule has 0 spiro atoms. The Balaban J connectivity index is 1.47. The molecular weight excluding hydrogens is 420 g/mol. The molecule has 2 nitrogen and oxygen atoms in total. The van der Waals surface area contributed by atoms with Gasteiger partial charge in [0.05, 0.1) is 11.6 Å². The van der Waals surface area contributed by atoms with Gasteiger partial charge in [-0.05, 0) is 87.9 Å². The van der Waals surface area contributed by atoms with Gasteiger partial charge in [0.2, 0.25) is 0 Å². The zero-order valence-electron chi connectivity index (χ0n) is 16.7. The van der Waals surface area contributed by atoms with E-state index >= 15 is 0 Å². The van der Waals surface area contributed by atoms with Gasteiger partial charge in [0.1, 0.15) is 0 Å². The molecule has 0 bridgehead atoms. The fraction of sp³-hybridized carbons (Fsp3) is 0.308. The fourth-order valence-corrected chi connectivity index (χ4v) is 5.31. The molecule has 2 aliphatic rings. The SMILES string of the molecule is CC(C)C1=NCCc2ccc(C3CC3c3cc(Br)c4cc(C#N)ccc4c3)cc21. The Morgan fingerprint density at radius 3 is 2.66 bits per heavy atom. The first-order valence-electron chi connectivity index (χ1n) is 10.4. The molecule has 0 radical (unpaired) electrons. The number of hydrogen-bond donors (Lipinski definition) is 0. The smallest absolute Gasteiger partial charge is 0.0991 e. The second-order valence-electron chi connectivity index (χ2n) is 8.59. The molecular formula is C26H23BrN2. The van der Waals surface area contributed by atoms with Gasteiger partial charge in [0, 0.05) is 16.7 Å². The monoisotopic (exact) mass is 442 g/mol. The number of hydrogen-bond acceptors (Lipinski definition) is 2. The third-order valence-electron chi connectivity index (χ3n) is 6.32. The second-order valence-corrected chi connectivity index (χ2v) is 9.44. The van der Waals surface area contributed by atoms with Crippen molar-refractivity contribution < 1.29 is 0 Å². The Kier molecular flexibility index (Phi) is 4.56. The first kappa shape index (κ1) is 18.6. The van der Waals surface area contributed by atoms with Crippen LogP contribution in [0.3, 0.4) is 0 Å². The first-order chi connectivity index (χ1) is 14.0. The van der Waals surface area contributed by atoms with Gasteiger partial charge < -0.3 is 0 Å². The van der Waals surface area contributed by atoms with Crippen LogP contribution in [0.15, 0.2) is 58.0 Å². The average molecular weight is 443 g/mol. The Bertz CT molecular complexity index is 1200. The largest absolute Gasteiger partial charge is 0.289 e. The molecule has 3 heteroatoms. The van der Waals surface area contributed by atoms with Crippen molar-refractivity contribution in [2.45, 2.75) is 38.5 Å². The predicted molar refractivity (Wildman–Crippen MR) is 123 cm³/mol. The normalized spacial score (nSPS) is 20.3. The van der Waals surface area contributed by atoms with Crippen LogP contribution in [-0.2, 0) is 6.42 Å². The summed E-state index contributed by atoms with van der Waals surface area (Å²) in [6.07, 6.45) is 2.25. The van der Waals surface area contributed by atoms with E-state index in [1.54, 1.807) is 0 Å². The Hall–Kier alpha value is -2.44. The van der Waals surface area contributed by atoms with Crippen LogP contribution in [0.4, 0.5) is 0 Å². The van der Waals surface area contributed by atoms with E-state index in [4.69, 9.17) is 10.3 Å². The summed E-state index contributed by atoms with van der Waals surface area (Å²) in [6.45, 7) is 5.40. The highest BCUT2D eigenvalue weighted by molar-refractivity contribution is 9.10. The van der Waals surface area contributed by atoms with Crippen LogP contribution in [0.25, 0.3) is 10.8 Å². The number of halogens is 1. The van der Waals surface area contributed by atoms with Crippen molar-refractivity contribution in [1.29, 1.82) is 5.26 Å². The highest BCUT2D eigenvalue weighted by Gasteiger charge is 2.40. The molecule has 1 aliphatic heterocycles. The number of fused-ring (bicyclic) bond motifs is 2. The quantitative estimate of drug-likeness (QED) is 0.441. The van der Waals surface area contributed by atoms with Crippen molar-refractivity contribution in [2.75, 3.05) is 6.54 Å². The van der Waals surface area contributed by atoms with Gasteiger partial charge in [-0.25, -0.2) is 0 Å². The van der Waals surface area contributed by atoms with Crippen molar-refractivity contribution in [1.82, 2.24) is 0 Å². The van der Waals surface area contributed by atoms with Gasteiger partial charge >= 0.3 is 0 Å². The summed E-state index contributed by atoms with van der Waals surface area (Å²) >= 11 is 3.73. The van der Waals surface area contributed by atoms with Crippen LogP contribution in [0.5, 0.6) is 0 Å². The number of rotatable bonds is 3. The Morgan fingerprint density at radius 1 is 1.03 bits per heavy atom. The van der Waals surface area contributed by atoms with Gasteiger partial charge in [-0.1, -0.05) is 54.0 Å². The van der Waals surface area contributed by atoms with Crippen molar-refractivity contribution in [2.24, 2.45) is 10.9 Å². The third-order valence-corrected chi connectivity index (χ3v) is 6.98. The van der Waals surface area contributed by atoms with Crippen molar-refractivity contribution >= 4 is 32.4 Å². The molecule has 2 atom stereocenters. The van der Waals surface area contributed by atoms with Crippen molar-refractivity contribution in [3.63, 3.8) is 0 Å². The number of benzene rings is 3. The summed E-state index contributed by atoms with van der Waals surface area (Å²) in [5, 5.41) is 11.5. The fourth-order valence-electron chi connectivity index (χ4n) is 4.71. The Labute approximate surface area is 180 Å². The molecule has 1 saturated carbocycles. The highest BCUT2D eigenvalue weighted by Crippen LogP contribution is 2.55. The zero-order valence-corrected chi connectivity index (χ0v) is 18.3. The van der Waals surface area contributed by atoms with E-state index in [1.165, 1.54) is 39.8 Å². The third kappa shape index (κ3) is 3.30. The summed E-state index contributed by atoms with van der Waals surface area (Å²) in [6, 6.07) is 19.8. The van der Waals surface area contributed by atoms with Crippen LogP contribution >= 0.6 is 15.9 Å². The van der Waals surface area contributed by atoms with Crippen LogP contribution in [0.2, 0.25) is 0 Å². The van der Waals surface area contributed by atoms with E-state index in [9.17, 15) is 0 Å². The Morgan fingerprint density at radius 2 is 1.86 bits per heavy atom. The standard InChI is InChI=1S/C26H23BrN2/c1-15(2)26-24-11-19(6-5-17(24)7-8-29-26)21-13-22(21)20-10-18-4-3-16(14-28)9-23(18)25(27)12-20/h3-6,9-12,15,21-22H,7-8,13H2,1-2H3. The molecule has 1 aliphatic carbocycles. The molecule has 0 aromatic heterocycles.